The van der Waals surface area contributed by atoms with E-state index in [1.165, 1.54) is 0 Å². The van der Waals surface area contributed by atoms with Crippen molar-refractivity contribution in [3.8, 4) is 0 Å². The molecule has 4 atom stereocenters. The van der Waals surface area contributed by atoms with Crippen molar-refractivity contribution in [2.45, 2.75) is 64.6 Å². The van der Waals surface area contributed by atoms with Crippen molar-refractivity contribution in [2.24, 2.45) is 11.8 Å². The number of esters is 1. The fourth-order valence-corrected chi connectivity index (χ4v) is 4.34. The molecular weight excluding hydrogens is 332 g/mol. The molecule has 5 heteroatoms. The molecule has 26 heavy (non-hydrogen) atoms. The Morgan fingerprint density at radius 2 is 2.15 bits per heavy atom. The van der Waals surface area contributed by atoms with Gasteiger partial charge in [-0.1, -0.05) is 32.3 Å². The minimum Gasteiger partial charge on any atom is -0.489 e. The Morgan fingerprint density at radius 3 is 2.85 bits per heavy atom. The molecule has 2 heterocycles. The molecule has 0 aromatic heterocycles. The molecule has 0 bridgehead atoms. The smallest absolute Gasteiger partial charge is 0.313 e. The molecule has 0 radical (unpaired) electrons. The molecule has 1 N–H and O–H groups in total. The third-order valence-corrected chi connectivity index (χ3v) is 5.83. The van der Waals surface area contributed by atoms with Gasteiger partial charge in [-0.2, -0.15) is 0 Å². The molecule has 3 aliphatic rings. The monoisotopic (exact) mass is 360 g/mol. The molecule has 0 saturated carbocycles. The lowest BCUT2D eigenvalue weighted by atomic mass is 9.67. The highest BCUT2D eigenvalue weighted by Crippen LogP contribution is 2.49. The lowest BCUT2D eigenvalue weighted by molar-refractivity contribution is -0.158. The van der Waals surface area contributed by atoms with Crippen LogP contribution in [0.5, 0.6) is 0 Å². The number of fused-ring (bicyclic) bond motifs is 1. The van der Waals surface area contributed by atoms with E-state index in [9.17, 15) is 14.7 Å². The number of hydrogen-bond acceptors (Lipinski definition) is 5. The quantitative estimate of drug-likeness (QED) is 0.581. The minimum atomic E-state index is -1.19. The number of allylic oxidation sites excluding steroid dienone is 4. The third kappa shape index (κ3) is 3.13. The summed E-state index contributed by atoms with van der Waals surface area (Å²) in [7, 11) is 0. The second-order valence-corrected chi connectivity index (χ2v) is 7.60. The summed E-state index contributed by atoms with van der Waals surface area (Å²) in [6.45, 7) is 5.89. The number of ketones is 1. The van der Waals surface area contributed by atoms with E-state index < -0.39 is 23.6 Å². The number of hydrogen-bond donors (Lipinski definition) is 1. The van der Waals surface area contributed by atoms with Crippen LogP contribution in [0.3, 0.4) is 0 Å². The number of carbonyl (C=O) groups excluding carboxylic acids is 2. The summed E-state index contributed by atoms with van der Waals surface area (Å²) in [5.74, 6) is -0.896. The Hall–Kier alpha value is -1.88. The van der Waals surface area contributed by atoms with Crippen molar-refractivity contribution in [3.05, 3.63) is 35.1 Å². The van der Waals surface area contributed by atoms with Crippen LogP contribution in [0, 0.1) is 11.8 Å². The van der Waals surface area contributed by atoms with Crippen LogP contribution in [-0.4, -0.2) is 35.2 Å². The maximum atomic E-state index is 13.1. The van der Waals surface area contributed by atoms with Crippen LogP contribution in [-0.2, 0) is 19.1 Å². The van der Waals surface area contributed by atoms with E-state index in [-0.39, 0.29) is 18.3 Å². The van der Waals surface area contributed by atoms with Gasteiger partial charge in [0.15, 0.2) is 5.60 Å². The average molecular weight is 360 g/mol. The number of carbonyl (C=O) groups is 2. The molecule has 1 saturated heterocycles. The molecule has 0 spiro atoms. The number of ether oxygens (including phenoxy) is 2. The summed E-state index contributed by atoms with van der Waals surface area (Å²) in [4.78, 5) is 25.6. The van der Waals surface area contributed by atoms with Gasteiger partial charge >= 0.3 is 5.97 Å². The number of Topliss-reactive ketones (excluding diaryl/α,β-unsaturated/α-hetero) is 1. The van der Waals surface area contributed by atoms with E-state index in [1.807, 2.05) is 25.2 Å². The maximum Gasteiger partial charge on any atom is 0.313 e. The Morgan fingerprint density at radius 1 is 1.38 bits per heavy atom. The van der Waals surface area contributed by atoms with Crippen LogP contribution in [0.25, 0.3) is 0 Å². The molecule has 2 aliphatic heterocycles. The number of aliphatic hydroxyl groups excluding tert-OH is 1. The van der Waals surface area contributed by atoms with Gasteiger partial charge in [0.25, 0.3) is 0 Å². The van der Waals surface area contributed by atoms with Gasteiger partial charge in [-0.3, -0.25) is 9.59 Å². The molecule has 3 rings (SSSR count). The Labute approximate surface area is 154 Å². The summed E-state index contributed by atoms with van der Waals surface area (Å²) < 4.78 is 11.2. The first-order chi connectivity index (χ1) is 12.4. The highest BCUT2D eigenvalue weighted by Gasteiger charge is 2.61. The molecule has 5 nitrogen and oxygen atoms in total. The second kappa shape index (κ2) is 7.39. The molecule has 0 amide bonds. The third-order valence-electron chi connectivity index (χ3n) is 5.83. The zero-order valence-corrected chi connectivity index (χ0v) is 15.8. The normalized spacial score (nSPS) is 32.1. The van der Waals surface area contributed by atoms with Crippen molar-refractivity contribution >= 4 is 11.8 Å². The Bertz CT molecular complexity index is 687. The highest BCUT2D eigenvalue weighted by molar-refractivity contribution is 6.07. The second-order valence-electron chi connectivity index (χ2n) is 7.60. The standard InChI is InChI=1S/C21H28O5/c1-4-6-7-9-17(22)18-16-11-13-10-14(8-5-2)25-12-15(13)19(23)21(16,3)26-20(18)24/h5,8,10,16-18,22H,4,6-7,9,11-12H2,1-3H3/t16-,17-,18+,21-/m1/s1. The van der Waals surface area contributed by atoms with E-state index >= 15 is 0 Å². The zero-order valence-electron chi connectivity index (χ0n) is 15.8. The van der Waals surface area contributed by atoms with Gasteiger partial charge < -0.3 is 14.6 Å². The maximum absolute atomic E-state index is 13.1. The van der Waals surface area contributed by atoms with Crippen molar-refractivity contribution in [1.82, 2.24) is 0 Å². The van der Waals surface area contributed by atoms with Gasteiger partial charge in [-0.25, -0.2) is 0 Å². The number of aliphatic hydroxyl groups is 1. The van der Waals surface area contributed by atoms with E-state index in [0.29, 0.717) is 24.2 Å². The van der Waals surface area contributed by atoms with Gasteiger partial charge in [0.1, 0.15) is 12.4 Å². The van der Waals surface area contributed by atoms with E-state index in [0.717, 1.165) is 24.8 Å². The lowest BCUT2D eigenvalue weighted by Crippen LogP contribution is -2.48. The predicted molar refractivity (Wildman–Crippen MR) is 97.1 cm³/mol. The molecule has 1 fully saturated rings. The van der Waals surface area contributed by atoms with Crippen LogP contribution in [0.15, 0.2) is 35.1 Å². The summed E-state index contributed by atoms with van der Waals surface area (Å²) in [5.41, 5.74) is 0.300. The molecule has 0 aromatic rings. The summed E-state index contributed by atoms with van der Waals surface area (Å²) in [6.07, 6.45) is 8.88. The lowest BCUT2D eigenvalue weighted by Gasteiger charge is -2.37. The van der Waals surface area contributed by atoms with Crippen molar-refractivity contribution in [3.63, 3.8) is 0 Å². The molecule has 0 unspecified atom stereocenters. The van der Waals surface area contributed by atoms with Crippen LogP contribution in [0.4, 0.5) is 0 Å². The predicted octanol–water partition coefficient (Wildman–Crippen LogP) is 3.24. The minimum absolute atomic E-state index is 0.184. The first kappa shape index (κ1) is 18.9. The van der Waals surface area contributed by atoms with E-state index in [1.54, 1.807) is 6.92 Å². The Balaban J connectivity index is 1.88. The van der Waals surface area contributed by atoms with Gasteiger partial charge in [0.05, 0.1) is 12.0 Å². The van der Waals surface area contributed by atoms with Crippen LogP contribution < -0.4 is 0 Å². The van der Waals surface area contributed by atoms with Crippen molar-refractivity contribution < 1.29 is 24.2 Å². The molecule has 1 aliphatic carbocycles. The number of unbranched alkanes of at least 4 members (excludes halogenated alkanes) is 2. The van der Waals surface area contributed by atoms with Crippen LogP contribution in [0.2, 0.25) is 0 Å². The largest absolute Gasteiger partial charge is 0.489 e. The molecule has 0 aromatic carbocycles. The van der Waals surface area contributed by atoms with Gasteiger partial charge in [0.2, 0.25) is 5.78 Å². The average Bonchev–Trinajstić information content (AvgIpc) is 2.86. The summed E-state index contributed by atoms with van der Waals surface area (Å²) in [5, 5.41) is 10.6. The molecular formula is C21H28O5. The topological polar surface area (TPSA) is 72.8 Å². The summed E-state index contributed by atoms with van der Waals surface area (Å²) in [6, 6.07) is 0. The first-order valence-corrected chi connectivity index (χ1v) is 9.57. The van der Waals surface area contributed by atoms with E-state index in [2.05, 4.69) is 6.92 Å². The van der Waals surface area contributed by atoms with Crippen molar-refractivity contribution in [1.29, 1.82) is 0 Å². The Kier molecular flexibility index (Phi) is 5.37. The van der Waals surface area contributed by atoms with Crippen LogP contribution >= 0.6 is 0 Å². The number of rotatable bonds is 6. The molecule has 142 valence electrons. The SMILES string of the molecule is CC=CC1=CC2=C(CO1)C(=O)[C@]1(C)OC(=O)[C@H]([C@H](O)CCCCC)[C@H]1C2. The van der Waals surface area contributed by atoms with Crippen molar-refractivity contribution in [2.75, 3.05) is 6.61 Å². The zero-order chi connectivity index (χ0) is 18.9. The van der Waals surface area contributed by atoms with Crippen LogP contribution in [0.1, 0.15) is 52.9 Å². The summed E-state index contributed by atoms with van der Waals surface area (Å²) >= 11 is 0. The van der Waals surface area contributed by atoms with E-state index in [4.69, 9.17) is 9.47 Å². The van der Waals surface area contributed by atoms with Gasteiger partial charge in [0, 0.05) is 11.5 Å². The van der Waals surface area contributed by atoms with Gasteiger partial charge in [-0.15, -0.1) is 0 Å². The highest BCUT2D eigenvalue weighted by atomic mass is 16.6. The fourth-order valence-electron chi connectivity index (χ4n) is 4.34. The van der Waals surface area contributed by atoms with Gasteiger partial charge in [-0.05, 0) is 44.4 Å². The fraction of sp³-hybridized carbons (Fsp3) is 0.619. The first-order valence-electron chi connectivity index (χ1n) is 9.57.